The smallest absolute Gasteiger partial charge is 0.0998 e. The Hall–Kier alpha value is -2.07. The Bertz CT molecular complexity index is 466. The van der Waals surface area contributed by atoms with Crippen molar-refractivity contribution in [3.63, 3.8) is 0 Å². The van der Waals surface area contributed by atoms with E-state index in [0.717, 1.165) is 11.1 Å². The van der Waals surface area contributed by atoms with Crippen LogP contribution >= 0.6 is 0 Å². The maximum absolute atomic E-state index is 8.92. The summed E-state index contributed by atoms with van der Waals surface area (Å²) in [7, 11) is 0. The molecule has 0 fully saturated rings. The van der Waals surface area contributed by atoms with Gasteiger partial charge < -0.3 is 0 Å². The summed E-state index contributed by atoms with van der Waals surface area (Å²) in [5, 5.41) is 8.92. The first kappa shape index (κ1) is 8.52. The molecule has 1 radical (unpaired) electrons. The molecule has 65 valence electrons. The molecule has 14 heavy (non-hydrogen) atoms. The predicted molar refractivity (Wildman–Crippen MR) is 55.4 cm³/mol. The minimum Gasteiger partial charge on any atom is -0.192 e. The predicted octanol–water partition coefficient (Wildman–Crippen LogP) is 3.03. The standard InChI is InChI=1S/C13H8N/c14-10-12-8-4-5-9-13(12)11-6-2-1-3-7-11/h1-2,4-9H. The molecule has 2 aromatic rings. The van der Waals surface area contributed by atoms with E-state index in [1.54, 1.807) is 0 Å². The average Bonchev–Trinajstić information content (AvgIpc) is 2.30. The van der Waals surface area contributed by atoms with Gasteiger partial charge in [-0.1, -0.05) is 36.4 Å². The van der Waals surface area contributed by atoms with Gasteiger partial charge in [-0.25, -0.2) is 0 Å². The van der Waals surface area contributed by atoms with E-state index in [9.17, 15) is 0 Å². The Morgan fingerprint density at radius 3 is 2.64 bits per heavy atom. The molecule has 0 aliphatic carbocycles. The summed E-state index contributed by atoms with van der Waals surface area (Å²) in [6.45, 7) is 0. The minimum atomic E-state index is 0.701. The van der Waals surface area contributed by atoms with Gasteiger partial charge >= 0.3 is 0 Å². The van der Waals surface area contributed by atoms with Crippen molar-refractivity contribution in [3.8, 4) is 17.2 Å². The Balaban J connectivity index is 2.58. The molecule has 2 rings (SSSR count). The summed E-state index contributed by atoms with van der Waals surface area (Å²) in [6.07, 6.45) is 0. The average molecular weight is 178 g/mol. The van der Waals surface area contributed by atoms with Crippen LogP contribution in [-0.4, -0.2) is 0 Å². The van der Waals surface area contributed by atoms with Crippen molar-refractivity contribution in [1.29, 1.82) is 5.26 Å². The summed E-state index contributed by atoms with van der Waals surface area (Å²) < 4.78 is 0. The highest BCUT2D eigenvalue weighted by molar-refractivity contribution is 5.69. The van der Waals surface area contributed by atoms with E-state index in [1.807, 2.05) is 48.5 Å². The molecule has 0 heterocycles. The van der Waals surface area contributed by atoms with Crippen LogP contribution < -0.4 is 0 Å². The van der Waals surface area contributed by atoms with Crippen LogP contribution in [0, 0.1) is 17.4 Å². The van der Waals surface area contributed by atoms with Crippen LogP contribution in [0.2, 0.25) is 0 Å². The van der Waals surface area contributed by atoms with Crippen LogP contribution in [0.15, 0.2) is 48.5 Å². The molecule has 0 aliphatic rings. The number of nitriles is 1. The van der Waals surface area contributed by atoms with Gasteiger partial charge in [-0.2, -0.15) is 5.26 Å². The lowest BCUT2D eigenvalue weighted by Gasteiger charge is -2.02. The summed E-state index contributed by atoms with van der Waals surface area (Å²) in [5.41, 5.74) is 2.70. The van der Waals surface area contributed by atoms with E-state index >= 15 is 0 Å². The molecule has 0 unspecified atom stereocenters. The second kappa shape index (κ2) is 3.76. The first-order valence-corrected chi connectivity index (χ1v) is 4.37. The van der Waals surface area contributed by atoms with Crippen molar-refractivity contribution in [2.45, 2.75) is 0 Å². The Morgan fingerprint density at radius 2 is 1.93 bits per heavy atom. The summed E-state index contributed by atoms with van der Waals surface area (Å²) in [4.78, 5) is 0. The summed E-state index contributed by atoms with van der Waals surface area (Å²) in [6, 6.07) is 20.4. The highest BCUT2D eigenvalue weighted by Crippen LogP contribution is 2.21. The fraction of sp³-hybridized carbons (Fsp3) is 0. The molecular weight excluding hydrogens is 170 g/mol. The molecule has 0 aliphatic heterocycles. The number of hydrogen-bond acceptors (Lipinski definition) is 1. The lowest BCUT2D eigenvalue weighted by atomic mass is 10.0. The molecule has 1 heteroatoms. The van der Waals surface area contributed by atoms with Crippen molar-refractivity contribution in [2.75, 3.05) is 0 Å². The third-order valence-corrected chi connectivity index (χ3v) is 2.07. The largest absolute Gasteiger partial charge is 0.192 e. The third-order valence-electron chi connectivity index (χ3n) is 2.07. The molecule has 0 amide bonds. The van der Waals surface area contributed by atoms with Crippen LogP contribution in [-0.2, 0) is 0 Å². The lowest BCUT2D eigenvalue weighted by Crippen LogP contribution is -1.82. The SMILES string of the molecule is N#Cc1ccccc1-c1c[c]ccc1. The van der Waals surface area contributed by atoms with Crippen LogP contribution in [0.4, 0.5) is 0 Å². The van der Waals surface area contributed by atoms with Crippen molar-refractivity contribution in [3.05, 3.63) is 60.2 Å². The van der Waals surface area contributed by atoms with E-state index < -0.39 is 0 Å². The van der Waals surface area contributed by atoms with Crippen molar-refractivity contribution in [2.24, 2.45) is 0 Å². The molecule has 2 aromatic carbocycles. The van der Waals surface area contributed by atoms with Crippen LogP contribution in [0.1, 0.15) is 5.56 Å². The van der Waals surface area contributed by atoms with Crippen molar-refractivity contribution < 1.29 is 0 Å². The molecule has 0 saturated heterocycles. The van der Waals surface area contributed by atoms with Gasteiger partial charge in [0.05, 0.1) is 11.6 Å². The normalized spacial score (nSPS) is 9.36. The fourth-order valence-electron chi connectivity index (χ4n) is 1.39. The monoisotopic (exact) mass is 178 g/mol. The topological polar surface area (TPSA) is 23.8 Å². The second-order valence-corrected chi connectivity index (χ2v) is 2.95. The first-order chi connectivity index (χ1) is 6.92. The molecule has 0 saturated carbocycles. The molecule has 0 spiro atoms. The van der Waals surface area contributed by atoms with Crippen molar-refractivity contribution >= 4 is 0 Å². The zero-order chi connectivity index (χ0) is 9.80. The van der Waals surface area contributed by atoms with Crippen molar-refractivity contribution in [1.82, 2.24) is 0 Å². The van der Waals surface area contributed by atoms with Gasteiger partial charge in [-0.05, 0) is 29.3 Å². The van der Waals surface area contributed by atoms with E-state index in [0.29, 0.717) is 5.56 Å². The quantitative estimate of drug-likeness (QED) is 0.658. The van der Waals surface area contributed by atoms with E-state index in [2.05, 4.69) is 12.1 Å². The Kier molecular flexibility index (Phi) is 2.29. The molecular formula is C13H8N. The lowest BCUT2D eigenvalue weighted by molar-refractivity contribution is 1.48. The second-order valence-electron chi connectivity index (χ2n) is 2.95. The van der Waals surface area contributed by atoms with Gasteiger partial charge in [0.15, 0.2) is 0 Å². The van der Waals surface area contributed by atoms with E-state index in [4.69, 9.17) is 5.26 Å². The zero-order valence-corrected chi connectivity index (χ0v) is 7.57. The van der Waals surface area contributed by atoms with E-state index in [-0.39, 0.29) is 0 Å². The van der Waals surface area contributed by atoms with Gasteiger partial charge in [-0.3, -0.25) is 0 Å². The summed E-state index contributed by atoms with van der Waals surface area (Å²) in [5.74, 6) is 0. The number of rotatable bonds is 1. The molecule has 0 aromatic heterocycles. The highest BCUT2D eigenvalue weighted by atomic mass is 14.2. The van der Waals surface area contributed by atoms with Crippen LogP contribution in [0.5, 0.6) is 0 Å². The molecule has 1 nitrogen and oxygen atoms in total. The highest BCUT2D eigenvalue weighted by Gasteiger charge is 2.01. The van der Waals surface area contributed by atoms with Gasteiger partial charge in [0.25, 0.3) is 0 Å². The Morgan fingerprint density at radius 1 is 1.07 bits per heavy atom. The first-order valence-electron chi connectivity index (χ1n) is 4.37. The number of nitrogens with zero attached hydrogens (tertiary/aromatic N) is 1. The molecule has 0 bridgehead atoms. The van der Waals surface area contributed by atoms with Gasteiger partial charge in [0, 0.05) is 0 Å². The minimum absolute atomic E-state index is 0.701. The number of benzene rings is 2. The third kappa shape index (κ3) is 1.51. The summed E-state index contributed by atoms with van der Waals surface area (Å²) >= 11 is 0. The molecule has 0 N–H and O–H groups in total. The maximum Gasteiger partial charge on any atom is 0.0998 e. The zero-order valence-electron chi connectivity index (χ0n) is 7.57. The Labute approximate surface area is 83.2 Å². The van der Waals surface area contributed by atoms with Gasteiger partial charge in [-0.15, -0.1) is 0 Å². The maximum atomic E-state index is 8.92. The van der Waals surface area contributed by atoms with Crippen LogP contribution in [0.3, 0.4) is 0 Å². The fourth-order valence-corrected chi connectivity index (χ4v) is 1.39. The molecule has 0 atom stereocenters. The van der Waals surface area contributed by atoms with Gasteiger partial charge in [0.1, 0.15) is 0 Å². The number of hydrogen-bond donors (Lipinski definition) is 0. The van der Waals surface area contributed by atoms with E-state index in [1.165, 1.54) is 0 Å². The van der Waals surface area contributed by atoms with Crippen LogP contribution in [0.25, 0.3) is 11.1 Å². The van der Waals surface area contributed by atoms with Gasteiger partial charge in [0.2, 0.25) is 0 Å².